The zero-order chi connectivity index (χ0) is 28.2. The number of pyridine rings is 2. The summed E-state index contributed by atoms with van der Waals surface area (Å²) < 4.78 is 0. The Balaban J connectivity index is 1.59. The van der Waals surface area contributed by atoms with E-state index in [1.165, 1.54) is 0 Å². The van der Waals surface area contributed by atoms with Crippen LogP contribution in [0.5, 0.6) is 0 Å². The van der Waals surface area contributed by atoms with Gasteiger partial charge in [-0.1, -0.05) is 54.9 Å². The number of hydrogen-bond acceptors (Lipinski definition) is 8. The second-order valence-corrected chi connectivity index (χ2v) is 10.5. The van der Waals surface area contributed by atoms with Crippen molar-refractivity contribution in [2.45, 2.75) is 52.2 Å². The minimum atomic E-state index is -0.241. The first-order chi connectivity index (χ1) is 19.4. The molecule has 0 spiro atoms. The molecule has 0 amide bonds. The molecule has 5 rings (SSSR count). The quantitative estimate of drug-likeness (QED) is 0.181. The molecule has 1 aliphatic heterocycles. The summed E-state index contributed by atoms with van der Waals surface area (Å²) >= 11 is 6.83. The van der Waals surface area contributed by atoms with Gasteiger partial charge in [-0.05, 0) is 51.0 Å². The number of hydrogen-bond donors (Lipinski definition) is 4. The second kappa shape index (κ2) is 11.8. The molecule has 4 N–H and O–H groups in total. The predicted octanol–water partition coefficient (Wildman–Crippen LogP) is 6.75. The highest BCUT2D eigenvalue weighted by molar-refractivity contribution is 6.35. The van der Waals surface area contributed by atoms with Crippen LogP contribution >= 0.6 is 11.6 Å². The van der Waals surface area contributed by atoms with E-state index in [1.807, 2.05) is 48.3 Å². The standard InChI is InChI=1S/C31H33ClN8/c1-5-27(21-10-7-6-8-11-21)37-29-22(16-33)17-35-30-25(29)14-23(15-26(30)32)36-31(24-12-9-13-34-20(24)4)28-18-40(19(2)3)39-38-28/h6-15,17-19,27,31,36,38-39H,5H2,1-4H3,(H,35,37)/t27-,31+/m1/s1. The number of halogens is 1. The molecule has 0 bridgehead atoms. The minimum Gasteiger partial charge on any atom is -0.377 e. The lowest BCUT2D eigenvalue weighted by atomic mass is 10.0. The van der Waals surface area contributed by atoms with Crippen LogP contribution in [0.1, 0.15) is 61.7 Å². The van der Waals surface area contributed by atoms with Gasteiger partial charge in [0.05, 0.1) is 39.6 Å². The van der Waals surface area contributed by atoms with E-state index in [0.717, 1.165) is 40.0 Å². The number of nitriles is 1. The summed E-state index contributed by atoms with van der Waals surface area (Å²) in [5.41, 5.74) is 13.2. The maximum absolute atomic E-state index is 10.00. The first kappa shape index (κ1) is 27.3. The van der Waals surface area contributed by atoms with Crippen LogP contribution in [0.15, 0.2) is 78.9 Å². The fourth-order valence-electron chi connectivity index (χ4n) is 4.92. The Labute approximate surface area is 240 Å². The largest absolute Gasteiger partial charge is 0.377 e. The monoisotopic (exact) mass is 552 g/mol. The van der Waals surface area contributed by atoms with Crippen molar-refractivity contribution in [2.24, 2.45) is 0 Å². The predicted molar refractivity (Wildman–Crippen MR) is 161 cm³/mol. The van der Waals surface area contributed by atoms with Crippen LogP contribution in [0.2, 0.25) is 5.02 Å². The van der Waals surface area contributed by atoms with E-state index in [2.05, 4.69) is 82.8 Å². The van der Waals surface area contributed by atoms with Crippen molar-refractivity contribution < 1.29 is 0 Å². The van der Waals surface area contributed by atoms with Gasteiger partial charge in [-0.25, -0.2) is 0 Å². The number of hydrazine groups is 2. The molecule has 0 fully saturated rings. The molecule has 1 aliphatic rings. The van der Waals surface area contributed by atoms with E-state index in [-0.39, 0.29) is 18.1 Å². The maximum atomic E-state index is 10.00. The molecule has 0 saturated heterocycles. The highest BCUT2D eigenvalue weighted by Gasteiger charge is 2.26. The van der Waals surface area contributed by atoms with Gasteiger partial charge in [-0.2, -0.15) is 5.26 Å². The zero-order valence-electron chi connectivity index (χ0n) is 23.0. The zero-order valence-corrected chi connectivity index (χ0v) is 23.8. The normalized spacial score (nSPS) is 14.4. The third kappa shape index (κ3) is 5.53. The van der Waals surface area contributed by atoms with Crippen molar-refractivity contribution in [3.8, 4) is 6.07 Å². The lowest BCUT2D eigenvalue weighted by Gasteiger charge is -2.24. The molecule has 2 aromatic carbocycles. The van der Waals surface area contributed by atoms with Gasteiger partial charge in [0.15, 0.2) is 0 Å². The number of aryl methyl sites for hydroxylation is 1. The van der Waals surface area contributed by atoms with E-state index < -0.39 is 0 Å². The van der Waals surface area contributed by atoms with Crippen LogP contribution < -0.4 is 21.6 Å². The van der Waals surface area contributed by atoms with Crippen molar-refractivity contribution >= 4 is 33.9 Å². The number of aromatic nitrogens is 2. The Morgan fingerprint density at radius 2 is 1.88 bits per heavy atom. The molecular formula is C31H33ClN8. The SMILES string of the molecule is CC[C@@H](Nc1c(C#N)cnc2c(Cl)cc(N[C@H](C3=CN(C(C)C)NN3)c3cccnc3C)cc12)c1ccccc1. The molecule has 9 heteroatoms. The summed E-state index contributed by atoms with van der Waals surface area (Å²) in [7, 11) is 0. The molecule has 0 saturated carbocycles. The Morgan fingerprint density at radius 3 is 2.55 bits per heavy atom. The molecular weight excluding hydrogens is 520 g/mol. The van der Waals surface area contributed by atoms with Crippen molar-refractivity contribution in [2.75, 3.05) is 10.6 Å². The van der Waals surface area contributed by atoms with E-state index in [9.17, 15) is 5.26 Å². The smallest absolute Gasteiger partial charge is 0.103 e. The lowest BCUT2D eigenvalue weighted by molar-refractivity contribution is 0.221. The van der Waals surface area contributed by atoms with Gasteiger partial charge in [0.25, 0.3) is 0 Å². The fraction of sp³-hybridized carbons (Fsp3) is 0.258. The summed E-state index contributed by atoms with van der Waals surface area (Å²) in [5.74, 6) is 0. The molecule has 0 radical (unpaired) electrons. The van der Waals surface area contributed by atoms with Crippen LogP contribution in [-0.4, -0.2) is 21.0 Å². The molecule has 2 aromatic heterocycles. The Bertz CT molecular complexity index is 1580. The van der Waals surface area contributed by atoms with Gasteiger partial charge in [-0.15, -0.1) is 5.53 Å². The van der Waals surface area contributed by atoms with Crippen molar-refractivity contribution in [3.05, 3.63) is 106 Å². The second-order valence-electron chi connectivity index (χ2n) is 10.1. The van der Waals surface area contributed by atoms with E-state index in [4.69, 9.17) is 11.6 Å². The Morgan fingerprint density at radius 1 is 1.07 bits per heavy atom. The molecule has 0 aliphatic carbocycles. The molecule has 4 aromatic rings. The number of anilines is 2. The summed E-state index contributed by atoms with van der Waals surface area (Å²) in [6, 6.07) is 20.5. The van der Waals surface area contributed by atoms with Gasteiger partial charge in [0, 0.05) is 47.0 Å². The summed E-state index contributed by atoms with van der Waals surface area (Å²) in [5, 5.41) is 20.6. The van der Waals surface area contributed by atoms with Crippen molar-refractivity contribution in [1.29, 1.82) is 5.26 Å². The number of benzene rings is 2. The van der Waals surface area contributed by atoms with E-state index in [0.29, 0.717) is 21.8 Å². The first-order valence-corrected chi connectivity index (χ1v) is 13.8. The van der Waals surface area contributed by atoms with Crippen molar-refractivity contribution in [3.63, 3.8) is 0 Å². The first-order valence-electron chi connectivity index (χ1n) is 13.4. The van der Waals surface area contributed by atoms with Crippen LogP contribution in [0.3, 0.4) is 0 Å². The number of fused-ring (bicyclic) bond motifs is 1. The van der Waals surface area contributed by atoms with Gasteiger partial charge in [-0.3, -0.25) is 15.0 Å². The number of nitrogens with one attached hydrogen (secondary N) is 4. The van der Waals surface area contributed by atoms with Crippen LogP contribution in [0, 0.1) is 18.3 Å². The molecule has 0 unspecified atom stereocenters. The number of nitrogens with zero attached hydrogens (tertiary/aromatic N) is 4. The summed E-state index contributed by atoms with van der Waals surface area (Å²) in [6.45, 7) is 8.35. The lowest BCUT2D eigenvalue weighted by Crippen LogP contribution is -2.41. The average Bonchev–Trinajstić information content (AvgIpc) is 3.46. The van der Waals surface area contributed by atoms with Crippen LogP contribution in [-0.2, 0) is 0 Å². The average molecular weight is 553 g/mol. The Hall–Kier alpha value is -4.32. The van der Waals surface area contributed by atoms with Crippen molar-refractivity contribution in [1.82, 2.24) is 25.9 Å². The minimum absolute atomic E-state index is 0.0148. The Kier molecular flexibility index (Phi) is 8.06. The van der Waals surface area contributed by atoms with E-state index in [1.54, 1.807) is 12.4 Å². The molecule has 8 nitrogen and oxygen atoms in total. The van der Waals surface area contributed by atoms with Crippen LogP contribution in [0.25, 0.3) is 10.9 Å². The fourth-order valence-corrected chi connectivity index (χ4v) is 5.19. The highest BCUT2D eigenvalue weighted by Crippen LogP contribution is 2.37. The van der Waals surface area contributed by atoms with E-state index >= 15 is 0 Å². The van der Waals surface area contributed by atoms with Gasteiger partial charge >= 0.3 is 0 Å². The molecule has 204 valence electrons. The highest BCUT2D eigenvalue weighted by atomic mass is 35.5. The van der Waals surface area contributed by atoms with Gasteiger partial charge in [0.2, 0.25) is 0 Å². The summed E-state index contributed by atoms with van der Waals surface area (Å²) in [6.07, 6.45) is 6.28. The van der Waals surface area contributed by atoms with Gasteiger partial charge < -0.3 is 16.1 Å². The third-order valence-corrected chi connectivity index (χ3v) is 7.41. The third-order valence-electron chi connectivity index (χ3n) is 7.12. The van der Waals surface area contributed by atoms with Crippen LogP contribution in [0.4, 0.5) is 11.4 Å². The molecule has 3 heterocycles. The number of rotatable bonds is 9. The summed E-state index contributed by atoms with van der Waals surface area (Å²) in [4.78, 5) is 9.08. The molecule has 40 heavy (non-hydrogen) atoms. The van der Waals surface area contributed by atoms with Gasteiger partial charge in [0.1, 0.15) is 6.07 Å². The maximum Gasteiger partial charge on any atom is 0.103 e. The topological polar surface area (TPSA) is 101 Å². The molecule has 2 atom stereocenters.